The van der Waals surface area contributed by atoms with E-state index in [-0.39, 0.29) is 18.5 Å². The molecule has 2 aromatic heterocycles. The van der Waals surface area contributed by atoms with E-state index < -0.39 is 0 Å². The molecule has 2 heterocycles. The minimum absolute atomic E-state index is 0.107. The summed E-state index contributed by atoms with van der Waals surface area (Å²) in [5.74, 6) is 1.92. The molecule has 124 valence electrons. The number of aromatic nitrogens is 3. The van der Waals surface area contributed by atoms with Crippen LogP contribution in [-0.4, -0.2) is 20.7 Å². The summed E-state index contributed by atoms with van der Waals surface area (Å²) >= 11 is 0. The Balaban J connectivity index is 1.78. The van der Waals surface area contributed by atoms with Gasteiger partial charge in [-0.2, -0.15) is 5.10 Å². The molecule has 0 unspecified atom stereocenters. The number of nitrogens with zero attached hydrogens (tertiary/aromatic N) is 3. The lowest BCUT2D eigenvalue weighted by molar-refractivity contribution is -0.122. The highest BCUT2D eigenvalue weighted by atomic mass is 16.3. The molecule has 6 heteroatoms. The topological polar surface area (TPSA) is 73.0 Å². The maximum Gasteiger partial charge on any atom is 0.242 e. The lowest BCUT2D eigenvalue weighted by Crippen LogP contribution is -2.30. The third-order valence-corrected chi connectivity index (χ3v) is 3.80. The van der Waals surface area contributed by atoms with Crippen LogP contribution in [0.15, 0.2) is 47.1 Å². The van der Waals surface area contributed by atoms with Crippen molar-refractivity contribution >= 4 is 5.91 Å². The number of benzene rings is 1. The molecule has 1 aromatic carbocycles. The van der Waals surface area contributed by atoms with Crippen LogP contribution in [0.2, 0.25) is 0 Å². The van der Waals surface area contributed by atoms with E-state index in [0.717, 1.165) is 16.9 Å². The molecule has 0 aliphatic rings. The van der Waals surface area contributed by atoms with Crippen molar-refractivity contribution in [3.05, 3.63) is 59.8 Å². The first-order valence-corrected chi connectivity index (χ1v) is 7.85. The highest BCUT2D eigenvalue weighted by molar-refractivity contribution is 5.76. The molecule has 1 atom stereocenters. The Morgan fingerprint density at radius 3 is 2.75 bits per heavy atom. The van der Waals surface area contributed by atoms with E-state index in [4.69, 9.17) is 4.42 Å². The van der Waals surface area contributed by atoms with Gasteiger partial charge in [0.2, 0.25) is 5.91 Å². The third-order valence-electron chi connectivity index (χ3n) is 3.80. The van der Waals surface area contributed by atoms with Crippen molar-refractivity contribution in [2.45, 2.75) is 33.4 Å². The minimum Gasteiger partial charge on any atom is -0.467 e. The molecule has 1 amide bonds. The van der Waals surface area contributed by atoms with Gasteiger partial charge in [-0.1, -0.05) is 24.3 Å². The summed E-state index contributed by atoms with van der Waals surface area (Å²) in [6, 6.07) is 11.4. The predicted molar refractivity (Wildman–Crippen MR) is 90.2 cm³/mol. The Hall–Kier alpha value is -2.89. The summed E-state index contributed by atoms with van der Waals surface area (Å²) in [5, 5.41) is 7.27. The largest absolute Gasteiger partial charge is 0.467 e. The normalized spacial score (nSPS) is 12.1. The number of hydrogen-bond acceptors (Lipinski definition) is 4. The van der Waals surface area contributed by atoms with Crippen molar-refractivity contribution < 1.29 is 9.21 Å². The highest BCUT2D eigenvalue weighted by Gasteiger charge is 2.17. The summed E-state index contributed by atoms with van der Waals surface area (Å²) < 4.78 is 6.95. The van der Waals surface area contributed by atoms with E-state index in [2.05, 4.69) is 15.4 Å². The Morgan fingerprint density at radius 2 is 2.04 bits per heavy atom. The Labute approximate surface area is 140 Å². The first kappa shape index (κ1) is 16.0. The second kappa shape index (κ2) is 6.70. The molecule has 24 heavy (non-hydrogen) atoms. The average Bonchev–Trinajstić information content (AvgIpc) is 3.17. The Morgan fingerprint density at radius 1 is 1.25 bits per heavy atom. The third kappa shape index (κ3) is 3.37. The van der Waals surface area contributed by atoms with Gasteiger partial charge in [-0.15, -0.1) is 0 Å². The van der Waals surface area contributed by atoms with Gasteiger partial charge in [0.25, 0.3) is 0 Å². The van der Waals surface area contributed by atoms with E-state index in [1.165, 1.54) is 0 Å². The summed E-state index contributed by atoms with van der Waals surface area (Å²) in [7, 11) is 0. The molecular weight excluding hydrogens is 304 g/mol. The van der Waals surface area contributed by atoms with Crippen molar-refractivity contribution in [1.82, 2.24) is 20.1 Å². The van der Waals surface area contributed by atoms with E-state index in [1.807, 2.05) is 51.1 Å². The monoisotopic (exact) mass is 324 g/mol. The van der Waals surface area contributed by atoms with Gasteiger partial charge in [-0.25, -0.2) is 9.67 Å². The smallest absolute Gasteiger partial charge is 0.242 e. The first-order valence-electron chi connectivity index (χ1n) is 7.85. The molecule has 0 saturated carbocycles. The van der Waals surface area contributed by atoms with Crippen LogP contribution < -0.4 is 5.32 Å². The molecule has 3 aromatic rings. The summed E-state index contributed by atoms with van der Waals surface area (Å²) in [4.78, 5) is 16.8. The highest BCUT2D eigenvalue weighted by Crippen LogP contribution is 2.21. The Kier molecular flexibility index (Phi) is 4.46. The molecule has 0 aliphatic carbocycles. The van der Waals surface area contributed by atoms with Gasteiger partial charge in [0.15, 0.2) is 5.82 Å². The molecule has 1 N–H and O–H groups in total. The van der Waals surface area contributed by atoms with Gasteiger partial charge in [0, 0.05) is 5.56 Å². The second-order valence-corrected chi connectivity index (χ2v) is 5.76. The second-order valence-electron chi connectivity index (χ2n) is 5.76. The van der Waals surface area contributed by atoms with Gasteiger partial charge in [0.1, 0.15) is 18.1 Å². The van der Waals surface area contributed by atoms with Gasteiger partial charge in [0.05, 0.1) is 12.3 Å². The minimum atomic E-state index is -0.195. The zero-order valence-electron chi connectivity index (χ0n) is 14.0. The summed E-state index contributed by atoms with van der Waals surface area (Å²) in [5.41, 5.74) is 2.07. The summed E-state index contributed by atoms with van der Waals surface area (Å²) in [6.45, 7) is 5.82. The summed E-state index contributed by atoms with van der Waals surface area (Å²) in [6.07, 6.45) is 1.59. The number of carbonyl (C=O) groups is 1. The van der Waals surface area contributed by atoms with Crippen LogP contribution in [0.3, 0.4) is 0 Å². The molecule has 0 bridgehead atoms. The number of carbonyl (C=O) groups excluding carboxylic acids is 1. The van der Waals surface area contributed by atoms with Crippen LogP contribution >= 0.6 is 0 Å². The molecular formula is C18H20N4O2. The molecule has 0 fully saturated rings. The average molecular weight is 324 g/mol. The fraction of sp³-hybridized carbons (Fsp3) is 0.278. The molecule has 6 nitrogen and oxygen atoms in total. The number of rotatable bonds is 5. The standard InChI is InChI=1S/C18H20N4O2/c1-12-7-4-5-8-15(12)18-20-14(3)21-22(18)11-17(23)19-13(2)16-9-6-10-24-16/h4-10,13H,11H2,1-3H3,(H,19,23)/t13-/m1/s1. The molecule has 0 aliphatic heterocycles. The zero-order chi connectivity index (χ0) is 17.1. The van der Waals surface area contributed by atoms with E-state index in [9.17, 15) is 4.79 Å². The van der Waals surface area contributed by atoms with Crippen LogP contribution in [0.4, 0.5) is 0 Å². The molecule has 0 saturated heterocycles. The number of amides is 1. The number of nitrogens with one attached hydrogen (secondary N) is 1. The maximum atomic E-state index is 12.4. The van der Waals surface area contributed by atoms with Crippen LogP contribution in [0.25, 0.3) is 11.4 Å². The zero-order valence-corrected chi connectivity index (χ0v) is 14.0. The van der Waals surface area contributed by atoms with Crippen molar-refractivity contribution in [3.63, 3.8) is 0 Å². The van der Waals surface area contributed by atoms with Gasteiger partial charge in [-0.3, -0.25) is 4.79 Å². The van der Waals surface area contributed by atoms with Crippen molar-refractivity contribution in [2.24, 2.45) is 0 Å². The lowest BCUT2D eigenvalue weighted by atomic mass is 10.1. The van der Waals surface area contributed by atoms with Gasteiger partial charge >= 0.3 is 0 Å². The Bertz CT molecular complexity index is 837. The fourth-order valence-corrected chi connectivity index (χ4v) is 2.62. The first-order chi connectivity index (χ1) is 11.5. The van der Waals surface area contributed by atoms with Crippen molar-refractivity contribution in [1.29, 1.82) is 0 Å². The van der Waals surface area contributed by atoms with Crippen molar-refractivity contribution in [2.75, 3.05) is 0 Å². The van der Waals surface area contributed by atoms with Crippen LogP contribution in [-0.2, 0) is 11.3 Å². The van der Waals surface area contributed by atoms with Crippen LogP contribution in [0.5, 0.6) is 0 Å². The predicted octanol–water partition coefficient (Wildman–Crippen LogP) is 3.03. The van der Waals surface area contributed by atoms with E-state index in [0.29, 0.717) is 11.6 Å². The van der Waals surface area contributed by atoms with Gasteiger partial charge < -0.3 is 9.73 Å². The van der Waals surface area contributed by atoms with E-state index >= 15 is 0 Å². The SMILES string of the molecule is Cc1nc(-c2ccccc2C)n(CC(=O)N[C@H](C)c2ccco2)n1. The fourth-order valence-electron chi connectivity index (χ4n) is 2.62. The van der Waals surface area contributed by atoms with Crippen molar-refractivity contribution in [3.8, 4) is 11.4 Å². The maximum absolute atomic E-state index is 12.4. The molecule has 3 rings (SSSR count). The number of hydrogen-bond donors (Lipinski definition) is 1. The van der Waals surface area contributed by atoms with Gasteiger partial charge in [-0.05, 0) is 38.5 Å². The molecule has 0 radical (unpaired) electrons. The van der Waals surface area contributed by atoms with E-state index in [1.54, 1.807) is 17.0 Å². The molecule has 0 spiro atoms. The van der Waals surface area contributed by atoms with Crippen LogP contribution in [0.1, 0.15) is 30.1 Å². The lowest BCUT2D eigenvalue weighted by Gasteiger charge is -2.12. The quantitative estimate of drug-likeness (QED) is 0.783. The van der Waals surface area contributed by atoms with Crippen LogP contribution in [0, 0.1) is 13.8 Å². The number of furan rings is 1. The number of aryl methyl sites for hydroxylation is 2.